The molecule has 0 heterocycles. The Kier molecular flexibility index (Phi) is 4.86. The standard InChI is InChI=1S/C15H16N2OS/c1-16-15(8-9-18)19-11-17-14-7-6-12-4-2-3-5-13(12)10-14/h2-10,16-17H,11H2,1H3/b15-8+. The first kappa shape index (κ1) is 13.5. The van der Waals surface area contributed by atoms with Gasteiger partial charge >= 0.3 is 0 Å². The normalized spacial score (nSPS) is 11.3. The van der Waals surface area contributed by atoms with E-state index in [1.807, 2.05) is 12.1 Å². The molecule has 0 aliphatic carbocycles. The van der Waals surface area contributed by atoms with Crippen LogP contribution < -0.4 is 10.6 Å². The van der Waals surface area contributed by atoms with Gasteiger partial charge in [0.05, 0.1) is 10.9 Å². The number of hydrogen-bond acceptors (Lipinski definition) is 4. The number of nitrogens with one attached hydrogen (secondary N) is 2. The Morgan fingerprint density at radius 2 is 2.00 bits per heavy atom. The third-order valence-electron chi connectivity index (χ3n) is 2.72. The first-order valence-electron chi connectivity index (χ1n) is 6.02. The van der Waals surface area contributed by atoms with Gasteiger partial charge in [0.25, 0.3) is 0 Å². The first-order valence-corrected chi connectivity index (χ1v) is 7.01. The summed E-state index contributed by atoms with van der Waals surface area (Å²) in [5.74, 6) is 0.707. The Bertz CT molecular complexity index is 595. The second-order valence-electron chi connectivity index (χ2n) is 3.94. The van der Waals surface area contributed by atoms with Crippen molar-refractivity contribution in [2.75, 3.05) is 18.2 Å². The molecule has 4 heteroatoms. The number of fused-ring (bicyclic) bond motifs is 1. The van der Waals surface area contributed by atoms with Crippen molar-refractivity contribution in [1.82, 2.24) is 5.32 Å². The third-order valence-corrected chi connectivity index (χ3v) is 3.66. The molecule has 19 heavy (non-hydrogen) atoms. The Morgan fingerprint density at radius 3 is 2.74 bits per heavy atom. The van der Waals surface area contributed by atoms with Crippen LogP contribution in [0.2, 0.25) is 0 Å². The maximum absolute atomic E-state index is 10.4. The molecule has 0 aliphatic rings. The van der Waals surface area contributed by atoms with Crippen LogP contribution in [0, 0.1) is 0 Å². The van der Waals surface area contributed by atoms with Crippen LogP contribution in [0.4, 0.5) is 5.69 Å². The van der Waals surface area contributed by atoms with Crippen molar-refractivity contribution in [2.24, 2.45) is 0 Å². The number of carbonyl (C=O) groups is 1. The van der Waals surface area contributed by atoms with Crippen molar-refractivity contribution < 1.29 is 4.79 Å². The largest absolute Gasteiger partial charge is 0.383 e. The van der Waals surface area contributed by atoms with Crippen LogP contribution in [-0.4, -0.2) is 19.2 Å². The zero-order valence-electron chi connectivity index (χ0n) is 10.7. The van der Waals surface area contributed by atoms with E-state index in [4.69, 9.17) is 0 Å². The summed E-state index contributed by atoms with van der Waals surface area (Å²) >= 11 is 1.55. The number of thioether (sulfide) groups is 1. The van der Waals surface area contributed by atoms with Gasteiger partial charge in [0.1, 0.15) is 6.29 Å². The number of anilines is 1. The lowest BCUT2D eigenvalue weighted by molar-refractivity contribution is -0.104. The van der Waals surface area contributed by atoms with E-state index in [2.05, 4.69) is 41.0 Å². The number of allylic oxidation sites excluding steroid dienone is 1. The summed E-state index contributed by atoms with van der Waals surface area (Å²) in [6.07, 6.45) is 2.31. The smallest absolute Gasteiger partial charge is 0.145 e. The number of benzene rings is 2. The van der Waals surface area contributed by atoms with E-state index in [-0.39, 0.29) is 0 Å². The summed E-state index contributed by atoms with van der Waals surface area (Å²) < 4.78 is 0. The second-order valence-corrected chi connectivity index (χ2v) is 4.96. The van der Waals surface area contributed by atoms with Gasteiger partial charge in [0.2, 0.25) is 0 Å². The van der Waals surface area contributed by atoms with Gasteiger partial charge in [0, 0.05) is 18.8 Å². The molecule has 0 atom stereocenters. The van der Waals surface area contributed by atoms with Gasteiger partial charge in [-0.2, -0.15) is 0 Å². The molecule has 0 aromatic heterocycles. The summed E-state index contributed by atoms with van der Waals surface area (Å²) in [7, 11) is 1.80. The van der Waals surface area contributed by atoms with E-state index in [9.17, 15) is 4.79 Å². The van der Waals surface area contributed by atoms with Crippen LogP contribution in [0.1, 0.15) is 0 Å². The van der Waals surface area contributed by atoms with Gasteiger partial charge in [-0.15, -0.1) is 0 Å². The highest BCUT2D eigenvalue weighted by Gasteiger charge is 1.97. The Hall–Kier alpha value is -1.94. The quantitative estimate of drug-likeness (QED) is 0.481. The lowest BCUT2D eigenvalue weighted by atomic mass is 10.1. The van der Waals surface area contributed by atoms with Crippen molar-refractivity contribution in [3.05, 3.63) is 53.6 Å². The molecule has 2 aromatic carbocycles. The summed E-state index contributed by atoms with van der Waals surface area (Å²) in [5, 5.41) is 9.60. The number of hydrogen-bond donors (Lipinski definition) is 2. The van der Waals surface area contributed by atoms with Gasteiger partial charge in [-0.25, -0.2) is 0 Å². The van der Waals surface area contributed by atoms with Crippen LogP contribution in [0.5, 0.6) is 0 Å². The van der Waals surface area contributed by atoms with Gasteiger partial charge < -0.3 is 10.6 Å². The van der Waals surface area contributed by atoms with E-state index in [1.165, 1.54) is 16.8 Å². The maximum atomic E-state index is 10.4. The zero-order chi connectivity index (χ0) is 13.5. The molecule has 0 saturated carbocycles. The van der Waals surface area contributed by atoms with Gasteiger partial charge in [0.15, 0.2) is 0 Å². The van der Waals surface area contributed by atoms with Crippen LogP contribution >= 0.6 is 11.8 Å². The number of rotatable bonds is 6. The molecular weight excluding hydrogens is 256 g/mol. The third kappa shape index (κ3) is 3.76. The summed E-state index contributed by atoms with van der Waals surface area (Å²) in [6, 6.07) is 14.5. The minimum atomic E-state index is 0.707. The van der Waals surface area contributed by atoms with Gasteiger partial charge in [-0.05, 0) is 22.9 Å². The molecule has 0 unspecified atom stereocenters. The summed E-state index contributed by atoms with van der Waals surface area (Å²) in [5.41, 5.74) is 1.08. The van der Waals surface area contributed by atoms with Crippen LogP contribution in [0.3, 0.4) is 0 Å². The Labute approximate surface area is 117 Å². The van der Waals surface area contributed by atoms with E-state index in [0.717, 1.165) is 17.0 Å². The lowest BCUT2D eigenvalue weighted by Gasteiger charge is -2.09. The van der Waals surface area contributed by atoms with E-state index in [0.29, 0.717) is 5.88 Å². The Morgan fingerprint density at radius 1 is 1.21 bits per heavy atom. The highest BCUT2D eigenvalue weighted by Crippen LogP contribution is 2.20. The molecule has 3 nitrogen and oxygen atoms in total. The molecule has 0 spiro atoms. The number of carbonyl (C=O) groups excluding carboxylic acids is 1. The van der Waals surface area contributed by atoms with Gasteiger partial charge in [-0.1, -0.05) is 42.1 Å². The molecule has 0 radical (unpaired) electrons. The molecule has 0 saturated heterocycles. The molecule has 2 N–H and O–H groups in total. The van der Waals surface area contributed by atoms with Crippen LogP contribution in [0.15, 0.2) is 53.6 Å². The van der Waals surface area contributed by atoms with Crippen LogP contribution in [0.25, 0.3) is 10.8 Å². The average molecular weight is 272 g/mol. The molecule has 0 aliphatic heterocycles. The number of aldehydes is 1. The highest BCUT2D eigenvalue weighted by molar-refractivity contribution is 8.03. The second kappa shape index (κ2) is 6.85. The fraction of sp³-hybridized carbons (Fsp3) is 0.133. The predicted octanol–water partition coefficient (Wildman–Crippen LogP) is 3.20. The predicted molar refractivity (Wildman–Crippen MR) is 83.2 cm³/mol. The molecular formula is C15H16N2OS. The van der Waals surface area contributed by atoms with Crippen molar-refractivity contribution in [3.8, 4) is 0 Å². The minimum absolute atomic E-state index is 0.707. The van der Waals surface area contributed by atoms with E-state index < -0.39 is 0 Å². The highest BCUT2D eigenvalue weighted by atomic mass is 32.2. The average Bonchev–Trinajstić information content (AvgIpc) is 2.46. The minimum Gasteiger partial charge on any atom is -0.383 e. The fourth-order valence-electron chi connectivity index (χ4n) is 1.76. The Balaban J connectivity index is 1.98. The van der Waals surface area contributed by atoms with E-state index in [1.54, 1.807) is 18.8 Å². The van der Waals surface area contributed by atoms with Crippen molar-refractivity contribution in [2.45, 2.75) is 0 Å². The molecule has 2 aromatic rings. The van der Waals surface area contributed by atoms with Crippen molar-refractivity contribution in [3.63, 3.8) is 0 Å². The fourth-order valence-corrected chi connectivity index (χ4v) is 2.45. The molecule has 2 rings (SSSR count). The van der Waals surface area contributed by atoms with Crippen molar-refractivity contribution >= 4 is 34.5 Å². The first-order chi connectivity index (χ1) is 9.33. The molecule has 98 valence electrons. The topological polar surface area (TPSA) is 41.1 Å². The van der Waals surface area contributed by atoms with E-state index >= 15 is 0 Å². The summed E-state index contributed by atoms with van der Waals surface area (Å²) in [4.78, 5) is 10.4. The molecule has 0 fully saturated rings. The molecule has 0 bridgehead atoms. The zero-order valence-corrected chi connectivity index (χ0v) is 11.5. The summed E-state index contributed by atoms with van der Waals surface area (Å²) in [6.45, 7) is 0. The van der Waals surface area contributed by atoms with Crippen LogP contribution in [-0.2, 0) is 4.79 Å². The maximum Gasteiger partial charge on any atom is 0.145 e. The SMILES string of the molecule is CN/C(=C\C=O)SCNc1ccc2ccccc2c1. The van der Waals surface area contributed by atoms with Crippen molar-refractivity contribution in [1.29, 1.82) is 0 Å². The lowest BCUT2D eigenvalue weighted by Crippen LogP contribution is -2.06. The van der Waals surface area contributed by atoms with Gasteiger partial charge in [-0.3, -0.25) is 4.79 Å². The monoisotopic (exact) mass is 272 g/mol. The molecule has 0 amide bonds.